The molecule has 0 spiro atoms. The Kier molecular flexibility index (Phi) is 2.97. The lowest BCUT2D eigenvalue weighted by Crippen LogP contribution is -2.23. The Hall–Kier alpha value is -2.70. The predicted octanol–water partition coefficient (Wildman–Crippen LogP) is 2.80. The fourth-order valence-electron chi connectivity index (χ4n) is 1.97. The normalized spacial score (nSPS) is 11.8. The molecule has 0 amide bonds. The molecule has 0 aliphatic rings. The molecule has 3 aromatic rings. The summed E-state index contributed by atoms with van der Waals surface area (Å²) in [6, 6.07) is 10.9. The number of alkyl halides is 3. The summed E-state index contributed by atoms with van der Waals surface area (Å²) in [5.74, 6) is 0. The van der Waals surface area contributed by atoms with Gasteiger partial charge >= 0.3 is 6.18 Å². The lowest BCUT2D eigenvalue weighted by atomic mass is 10.2. The van der Waals surface area contributed by atoms with E-state index in [2.05, 4.69) is 10.3 Å². The summed E-state index contributed by atoms with van der Waals surface area (Å²) in [6.45, 7) is 0. The first kappa shape index (κ1) is 13.3. The first-order valence-corrected chi connectivity index (χ1v) is 5.99. The van der Waals surface area contributed by atoms with Crippen LogP contribution in [0, 0.1) is 0 Å². The molecule has 0 saturated carbocycles. The van der Waals surface area contributed by atoms with Crippen LogP contribution in [0.1, 0.15) is 5.56 Å². The van der Waals surface area contributed by atoms with E-state index in [1.807, 2.05) is 0 Å². The van der Waals surface area contributed by atoms with Gasteiger partial charge in [-0.05, 0) is 30.3 Å². The largest absolute Gasteiger partial charge is 0.416 e. The summed E-state index contributed by atoms with van der Waals surface area (Å²) in [4.78, 5) is 12.3. The van der Waals surface area contributed by atoms with Crippen molar-refractivity contribution >= 4 is 10.9 Å². The van der Waals surface area contributed by atoms with E-state index in [1.54, 1.807) is 24.3 Å². The van der Waals surface area contributed by atoms with Gasteiger partial charge in [0.25, 0.3) is 5.56 Å². The third-order valence-electron chi connectivity index (χ3n) is 2.99. The first-order valence-electron chi connectivity index (χ1n) is 5.99. The first-order chi connectivity index (χ1) is 9.97. The SMILES string of the molecule is O=c1c2ccccc2nnn1-c1cccc(C(F)(F)F)c1. The lowest BCUT2D eigenvalue weighted by Gasteiger charge is -2.09. The third-order valence-corrected chi connectivity index (χ3v) is 2.99. The average molecular weight is 291 g/mol. The standard InChI is InChI=1S/C14H8F3N3O/c15-14(16,17)9-4-3-5-10(8-9)20-13(21)11-6-1-2-7-12(11)18-19-20/h1-8H. The molecule has 0 aliphatic heterocycles. The van der Waals surface area contributed by atoms with E-state index in [0.29, 0.717) is 10.9 Å². The van der Waals surface area contributed by atoms with Crippen LogP contribution in [0.3, 0.4) is 0 Å². The summed E-state index contributed by atoms with van der Waals surface area (Å²) >= 11 is 0. The molecule has 0 aliphatic carbocycles. The predicted molar refractivity (Wildman–Crippen MR) is 70.1 cm³/mol. The molecule has 0 unspecified atom stereocenters. The third kappa shape index (κ3) is 2.37. The summed E-state index contributed by atoms with van der Waals surface area (Å²) in [5, 5.41) is 7.82. The van der Waals surface area contributed by atoms with E-state index in [-0.39, 0.29) is 5.69 Å². The van der Waals surface area contributed by atoms with Gasteiger partial charge in [-0.25, -0.2) is 0 Å². The van der Waals surface area contributed by atoms with Crippen LogP contribution in [0.4, 0.5) is 13.2 Å². The summed E-state index contributed by atoms with van der Waals surface area (Å²) < 4.78 is 39.0. The number of nitrogens with zero attached hydrogens (tertiary/aromatic N) is 3. The summed E-state index contributed by atoms with van der Waals surface area (Å²) in [5.41, 5.74) is -0.944. The maximum absolute atomic E-state index is 12.7. The second kappa shape index (κ2) is 4.69. The van der Waals surface area contributed by atoms with E-state index >= 15 is 0 Å². The van der Waals surface area contributed by atoms with Gasteiger partial charge in [0.2, 0.25) is 0 Å². The van der Waals surface area contributed by atoms with Crippen molar-refractivity contribution in [3.05, 3.63) is 64.4 Å². The molecule has 0 bridgehead atoms. The molecule has 3 rings (SSSR count). The van der Waals surface area contributed by atoms with Gasteiger partial charge in [-0.2, -0.15) is 17.9 Å². The van der Waals surface area contributed by atoms with E-state index in [1.165, 1.54) is 12.1 Å². The highest BCUT2D eigenvalue weighted by Gasteiger charge is 2.30. The second-order valence-corrected chi connectivity index (χ2v) is 4.37. The maximum Gasteiger partial charge on any atom is 0.416 e. The molecule has 0 N–H and O–H groups in total. The number of fused-ring (bicyclic) bond motifs is 1. The fraction of sp³-hybridized carbons (Fsp3) is 0.0714. The monoisotopic (exact) mass is 291 g/mol. The molecule has 0 saturated heterocycles. The van der Waals surface area contributed by atoms with Gasteiger partial charge < -0.3 is 0 Å². The Morgan fingerprint density at radius 3 is 2.52 bits per heavy atom. The van der Waals surface area contributed by atoms with Gasteiger partial charge in [-0.15, -0.1) is 5.10 Å². The van der Waals surface area contributed by atoms with Crippen LogP contribution in [0.15, 0.2) is 53.3 Å². The Morgan fingerprint density at radius 1 is 1.00 bits per heavy atom. The van der Waals surface area contributed by atoms with Gasteiger partial charge in [-0.3, -0.25) is 4.79 Å². The summed E-state index contributed by atoms with van der Waals surface area (Å²) in [6.07, 6.45) is -4.48. The summed E-state index contributed by atoms with van der Waals surface area (Å²) in [7, 11) is 0. The van der Waals surface area contributed by atoms with Gasteiger partial charge in [0.1, 0.15) is 5.52 Å². The minimum absolute atomic E-state index is 0.0214. The quantitative estimate of drug-likeness (QED) is 0.692. The van der Waals surface area contributed by atoms with Crippen LogP contribution in [-0.4, -0.2) is 15.0 Å². The second-order valence-electron chi connectivity index (χ2n) is 4.37. The van der Waals surface area contributed by atoms with Gasteiger partial charge in [0, 0.05) is 0 Å². The van der Waals surface area contributed by atoms with Crippen LogP contribution in [0.25, 0.3) is 16.6 Å². The van der Waals surface area contributed by atoms with Crippen molar-refractivity contribution in [1.82, 2.24) is 15.0 Å². The van der Waals surface area contributed by atoms with Crippen molar-refractivity contribution in [2.75, 3.05) is 0 Å². The van der Waals surface area contributed by atoms with Gasteiger partial charge in [-0.1, -0.05) is 23.4 Å². The van der Waals surface area contributed by atoms with E-state index < -0.39 is 17.3 Å². The highest BCUT2D eigenvalue weighted by molar-refractivity contribution is 5.76. The smallest absolute Gasteiger partial charge is 0.267 e. The fourth-order valence-corrected chi connectivity index (χ4v) is 1.97. The molecule has 1 aromatic heterocycles. The van der Waals surface area contributed by atoms with Crippen LogP contribution >= 0.6 is 0 Å². The van der Waals surface area contributed by atoms with Crippen LogP contribution in [-0.2, 0) is 6.18 Å². The zero-order valence-electron chi connectivity index (χ0n) is 10.5. The van der Waals surface area contributed by atoms with Crippen molar-refractivity contribution in [2.24, 2.45) is 0 Å². The number of hydrogen-bond donors (Lipinski definition) is 0. The number of hydrogen-bond acceptors (Lipinski definition) is 3. The number of benzene rings is 2. The minimum atomic E-state index is -4.48. The van der Waals surface area contributed by atoms with E-state index in [4.69, 9.17) is 0 Å². The topological polar surface area (TPSA) is 47.8 Å². The van der Waals surface area contributed by atoms with Crippen LogP contribution in [0.2, 0.25) is 0 Å². The molecule has 21 heavy (non-hydrogen) atoms. The number of aromatic nitrogens is 3. The van der Waals surface area contributed by atoms with Crippen molar-refractivity contribution in [3.63, 3.8) is 0 Å². The minimum Gasteiger partial charge on any atom is -0.267 e. The van der Waals surface area contributed by atoms with E-state index in [0.717, 1.165) is 16.8 Å². The Balaban J connectivity index is 2.22. The van der Waals surface area contributed by atoms with Crippen molar-refractivity contribution in [1.29, 1.82) is 0 Å². The number of halogens is 3. The van der Waals surface area contributed by atoms with Crippen molar-refractivity contribution < 1.29 is 13.2 Å². The zero-order valence-corrected chi connectivity index (χ0v) is 10.5. The number of rotatable bonds is 1. The average Bonchev–Trinajstić information content (AvgIpc) is 2.47. The van der Waals surface area contributed by atoms with E-state index in [9.17, 15) is 18.0 Å². The highest BCUT2D eigenvalue weighted by atomic mass is 19.4. The molecule has 0 atom stereocenters. The molecule has 7 heteroatoms. The molecule has 2 aromatic carbocycles. The molecular weight excluding hydrogens is 283 g/mol. The molecule has 0 fully saturated rings. The highest BCUT2D eigenvalue weighted by Crippen LogP contribution is 2.29. The van der Waals surface area contributed by atoms with Gasteiger partial charge in [0.15, 0.2) is 0 Å². The van der Waals surface area contributed by atoms with Crippen molar-refractivity contribution in [2.45, 2.75) is 6.18 Å². The van der Waals surface area contributed by atoms with Crippen molar-refractivity contribution in [3.8, 4) is 5.69 Å². The van der Waals surface area contributed by atoms with Crippen LogP contribution < -0.4 is 5.56 Å². The van der Waals surface area contributed by atoms with Crippen LogP contribution in [0.5, 0.6) is 0 Å². The molecule has 1 heterocycles. The maximum atomic E-state index is 12.7. The lowest BCUT2D eigenvalue weighted by molar-refractivity contribution is -0.137. The molecule has 0 radical (unpaired) electrons. The Labute approximate surface area is 116 Å². The van der Waals surface area contributed by atoms with Gasteiger partial charge in [0.05, 0.1) is 16.6 Å². The Morgan fingerprint density at radius 2 is 1.76 bits per heavy atom. The molecule has 106 valence electrons. The Bertz CT molecular complexity index is 871. The molecule has 4 nitrogen and oxygen atoms in total. The zero-order chi connectivity index (χ0) is 15.0. The molecular formula is C14H8F3N3O.